The van der Waals surface area contributed by atoms with Crippen LogP contribution in [0.4, 0.5) is 0 Å². The van der Waals surface area contributed by atoms with Crippen molar-refractivity contribution < 1.29 is 4.79 Å². The van der Waals surface area contributed by atoms with Crippen molar-refractivity contribution in [1.82, 2.24) is 4.90 Å². The van der Waals surface area contributed by atoms with E-state index in [4.69, 9.17) is 5.26 Å². The van der Waals surface area contributed by atoms with Gasteiger partial charge in [-0.25, -0.2) is 0 Å². The average molecular weight is 175 g/mol. The molecule has 1 aliphatic rings. The summed E-state index contributed by atoms with van der Waals surface area (Å²) >= 11 is 0. The first-order valence-corrected chi connectivity index (χ1v) is 3.42. The van der Waals surface area contributed by atoms with Crippen molar-refractivity contribution in [2.75, 3.05) is 6.54 Å². The van der Waals surface area contributed by atoms with Crippen LogP contribution in [0, 0.1) is 11.3 Å². The van der Waals surface area contributed by atoms with Gasteiger partial charge in [0.25, 0.3) is 0 Å². The third-order valence-corrected chi connectivity index (χ3v) is 1.81. The molecule has 1 atom stereocenters. The topological polar surface area (TPSA) is 44.1 Å². The maximum atomic E-state index is 10.8. The number of hydrogen-bond donors (Lipinski definition) is 0. The normalized spacial score (nSPS) is 22.2. The van der Waals surface area contributed by atoms with E-state index in [1.165, 1.54) is 6.92 Å². The fourth-order valence-corrected chi connectivity index (χ4v) is 1.28. The minimum atomic E-state index is -0.155. The molecule has 1 amide bonds. The lowest BCUT2D eigenvalue weighted by Gasteiger charge is -2.16. The molecule has 1 fully saturated rings. The highest BCUT2D eigenvalue weighted by Gasteiger charge is 2.25. The predicted molar refractivity (Wildman–Crippen MR) is 43.3 cm³/mol. The molecule has 1 saturated heterocycles. The largest absolute Gasteiger partial charge is 0.327 e. The molecule has 0 radical (unpaired) electrons. The first kappa shape index (κ1) is 10.2. The Labute approximate surface area is 72.4 Å². The van der Waals surface area contributed by atoms with Gasteiger partial charge in [0.05, 0.1) is 6.07 Å². The maximum absolute atomic E-state index is 10.8. The summed E-state index contributed by atoms with van der Waals surface area (Å²) in [6, 6.07) is 1.95. The van der Waals surface area contributed by atoms with Crippen LogP contribution in [0.3, 0.4) is 0 Å². The van der Waals surface area contributed by atoms with Crippen LogP contribution in [0.25, 0.3) is 0 Å². The number of likely N-dealkylation sites (tertiary alicyclic amines) is 1. The van der Waals surface area contributed by atoms with Gasteiger partial charge in [0, 0.05) is 13.5 Å². The molecule has 0 aromatic carbocycles. The molecular formula is C7H11ClN2O. The first-order chi connectivity index (χ1) is 4.75. The number of amides is 1. The minimum absolute atomic E-state index is 0. The molecule has 0 aliphatic carbocycles. The summed E-state index contributed by atoms with van der Waals surface area (Å²) in [7, 11) is 0. The Kier molecular flexibility index (Phi) is 3.91. The molecule has 1 aliphatic heterocycles. The van der Waals surface area contributed by atoms with E-state index in [0.717, 1.165) is 19.4 Å². The summed E-state index contributed by atoms with van der Waals surface area (Å²) in [5, 5.41) is 8.54. The van der Waals surface area contributed by atoms with Crippen LogP contribution in [-0.4, -0.2) is 23.4 Å². The Morgan fingerprint density at radius 2 is 2.36 bits per heavy atom. The van der Waals surface area contributed by atoms with Crippen LogP contribution in [0.2, 0.25) is 0 Å². The summed E-state index contributed by atoms with van der Waals surface area (Å²) in [4.78, 5) is 12.4. The van der Waals surface area contributed by atoms with E-state index in [0.29, 0.717) is 0 Å². The van der Waals surface area contributed by atoms with Gasteiger partial charge >= 0.3 is 0 Å². The van der Waals surface area contributed by atoms with Gasteiger partial charge in [0.2, 0.25) is 5.91 Å². The van der Waals surface area contributed by atoms with E-state index < -0.39 is 0 Å². The third kappa shape index (κ3) is 2.09. The number of carbonyl (C=O) groups excluding carboxylic acids is 1. The van der Waals surface area contributed by atoms with E-state index in [-0.39, 0.29) is 24.4 Å². The third-order valence-electron chi connectivity index (χ3n) is 1.81. The van der Waals surface area contributed by atoms with Crippen molar-refractivity contribution in [3.8, 4) is 6.07 Å². The number of hydrogen-bond acceptors (Lipinski definition) is 2. The summed E-state index contributed by atoms with van der Waals surface area (Å²) < 4.78 is 0. The smallest absolute Gasteiger partial charge is 0.220 e. The summed E-state index contributed by atoms with van der Waals surface area (Å²) in [6.07, 6.45) is 1.81. The molecule has 3 nitrogen and oxygen atoms in total. The van der Waals surface area contributed by atoms with E-state index in [1.54, 1.807) is 4.90 Å². The second-order valence-electron chi connectivity index (χ2n) is 2.50. The van der Waals surface area contributed by atoms with Crippen LogP contribution < -0.4 is 0 Å². The molecule has 62 valence electrons. The Balaban J connectivity index is 0.000001000. The zero-order valence-electron chi connectivity index (χ0n) is 6.41. The molecule has 0 N–H and O–H groups in total. The number of rotatable bonds is 0. The lowest BCUT2D eigenvalue weighted by molar-refractivity contribution is -0.128. The van der Waals surface area contributed by atoms with Crippen LogP contribution in [0.15, 0.2) is 0 Å². The summed E-state index contributed by atoms with van der Waals surface area (Å²) in [5.74, 6) is 0.0176. The molecule has 0 bridgehead atoms. The van der Waals surface area contributed by atoms with Crippen molar-refractivity contribution >= 4 is 18.3 Å². The Hall–Kier alpha value is -0.750. The van der Waals surface area contributed by atoms with Gasteiger partial charge in [-0.1, -0.05) is 0 Å². The monoisotopic (exact) mass is 174 g/mol. The molecule has 1 heterocycles. The highest BCUT2D eigenvalue weighted by atomic mass is 35.5. The Morgan fingerprint density at radius 3 is 2.73 bits per heavy atom. The van der Waals surface area contributed by atoms with Crippen molar-refractivity contribution in [3.63, 3.8) is 0 Å². The van der Waals surface area contributed by atoms with Gasteiger partial charge < -0.3 is 4.90 Å². The van der Waals surface area contributed by atoms with Crippen LogP contribution >= 0.6 is 12.4 Å². The predicted octanol–water partition coefficient (Wildman–Crippen LogP) is 0.943. The minimum Gasteiger partial charge on any atom is -0.327 e. The standard InChI is InChI=1S/C7H10N2O.ClH/c1-6(10)9-4-2-3-7(9)5-8;/h7H,2-4H2,1H3;1H. The van der Waals surface area contributed by atoms with E-state index in [9.17, 15) is 4.79 Å². The summed E-state index contributed by atoms with van der Waals surface area (Å²) in [5.41, 5.74) is 0. The SMILES string of the molecule is CC(=O)N1CCCC1C#N.Cl. The average Bonchev–Trinajstić information content (AvgIpc) is 2.33. The molecule has 1 rings (SSSR count). The lowest BCUT2D eigenvalue weighted by atomic mass is 10.2. The molecule has 0 aromatic rings. The summed E-state index contributed by atoms with van der Waals surface area (Å²) in [6.45, 7) is 2.27. The second-order valence-corrected chi connectivity index (χ2v) is 2.50. The fraction of sp³-hybridized carbons (Fsp3) is 0.714. The molecule has 0 spiro atoms. The molecule has 1 unspecified atom stereocenters. The number of carbonyl (C=O) groups is 1. The molecule has 0 aromatic heterocycles. The quantitative estimate of drug-likeness (QED) is 0.549. The first-order valence-electron chi connectivity index (χ1n) is 3.42. The zero-order chi connectivity index (χ0) is 7.56. The molecule has 11 heavy (non-hydrogen) atoms. The number of nitriles is 1. The van der Waals surface area contributed by atoms with Crippen molar-refractivity contribution in [2.24, 2.45) is 0 Å². The van der Waals surface area contributed by atoms with E-state index in [1.807, 2.05) is 0 Å². The molecule has 4 heteroatoms. The van der Waals surface area contributed by atoms with E-state index >= 15 is 0 Å². The maximum Gasteiger partial charge on any atom is 0.220 e. The van der Waals surface area contributed by atoms with E-state index in [2.05, 4.69) is 6.07 Å². The van der Waals surface area contributed by atoms with Crippen LogP contribution in [0.5, 0.6) is 0 Å². The van der Waals surface area contributed by atoms with Gasteiger partial charge in [-0.2, -0.15) is 5.26 Å². The van der Waals surface area contributed by atoms with Gasteiger partial charge in [-0.15, -0.1) is 12.4 Å². The van der Waals surface area contributed by atoms with Crippen molar-refractivity contribution in [2.45, 2.75) is 25.8 Å². The van der Waals surface area contributed by atoms with Crippen LogP contribution in [-0.2, 0) is 4.79 Å². The molecular weight excluding hydrogens is 164 g/mol. The van der Waals surface area contributed by atoms with Gasteiger partial charge in [-0.3, -0.25) is 4.79 Å². The molecule has 0 saturated carbocycles. The number of halogens is 1. The van der Waals surface area contributed by atoms with Gasteiger partial charge in [-0.05, 0) is 12.8 Å². The van der Waals surface area contributed by atoms with Gasteiger partial charge in [0.15, 0.2) is 0 Å². The highest BCUT2D eigenvalue weighted by Crippen LogP contribution is 2.15. The lowest BCUT2D eigenvalue weighted by Crippen LogP contribution is -2.32. The van der Waals surface area contributed by atoms with Crippen molar-refractivity contribution in [3.05, 3.63) is 0 Å². The Bertz CT molecular complexity index is 187. The second kappa shape index (κ2) is 4.20. The number of nitrogens with zero attached hydrogens (tertiary/aromatic N) is 2. The zero-order valence-corrected chi connectivity index (χ0v) is 7.23. The van der Waals surface area contributed by atoms with Crippen LogP contribution in [0.1, 0.15) is 19.8 Å². The van der Waals surface area contributed by atoms with Gasteiger partial charge in [0.1, 0.15) is 6.04 Å². The van der Waals surface area contributed by atoms with Crippen molar-refractivity contribution in [1.29, 1.82) is 5.26 Å². The fourth-order valence-electron chi connectivity index (χ4n) is 1.28. The Morgan fingerprint density at radius 1 is 1.73 bits per heavy atom. The highest BCUT2D eigenvalue weighted by molar-refractivity contribution is 5.85.